The Morgan fingerprint density at radius 3 is 2.61 bits per heavy atom. The highest BCUT2D eigenvalue weighted by molar-refractivity contribution is 9.10. The SMILES string of the molecule is COc1cc(Cl)c(C)cc1NCCC(=O)Nc1ccc(Br)cc1. The highest BCUT2D eigenvalue weighted by Crippen LogP contribution is 2.30. The van der Waals surface area contributed by atoms with Crippen LogP contribution in [0.25, 0.3) is 0 Å². The summed E-state index contributed by atoms with van der Waals surface area (Å²) in [6.45, 7) is 2.42. The second-order valence-electron chi connectivity index (χ2n) is 5.03. The average molecular weight is 398 g/mol. The zero-order valence-corrected chi connectivity index (χ0v) is 15.3. The van der Waals surface area contributed by atoms with Crippen molar-refractivity contribution in [2.24, 2.45) is 0 Å². The molecule has 122 valence electrons. The topological polar surface area (TPSA) is 50.4 Å². The summed E-state index contributed by atoms with van der Waals surface area (Å²) >= 11 is 9.44. The molecule has 0 unspecified atom stereocenters. The second kappa shape index (κ2) is 8.22. The third-order valence-electron chi connectivity index (χ3n) is 3.28. The molecule has 23 heavy (non-hydrogen) atoms. The molecule has 0 atom stereocenters. The first-order valence-corrected chi connectivity index (χ1v) is 8.30. The number of ether oxygens (including phenoxy) is 1. The minimum Gasteiger partial charge on any atom is -0.495 e. The van der Waals surface area contributed by atoms with Gasteiger partial charge in [-0.05, 0) is 42.8 Å². The Hall–Kier alpha value is -1.72. The Morgan fingerprint density at radius 2 is 1.96 bits per heavy atom. The van der Waals surface area contributed by atoms with Gasteiger partial charge in [0.2, 0.25) is 5.91 Å². The van der Waals surface area contributed by atoms with Crippen molar-refractivity contribution in [2.75, 3.05) is 24.3 Å². The molecule has 6 heteroatoms. The third-order valence-corrected chi connectivity index (χ3v) is 4.21. The lowest BCUT2D eigenvalue weighted by Crippen LogP contribution is -2.16. The van der Waals surface area contributed by atoms with Crippen LogP contribution in [0, 0.1) is 6.92 Å². The van der Waals surface area contributed by atoms with Crippen LogP contribution in [-0.4, -0.2) is 19.6 Å². The number of halogens is 2. The lowest BCUT2D eigenvalue weighted by Gasteiger charge is -2.13. The Kier molecular flexibility index (Phi) is 6.30. The summed E-state index contributed by atoms with van der Waals surface area (Å²) in [6, 6.07) is 11.1. The third kappa shape index (κ3) is 5.15. The first-order chi connectivity index (χ1) is 11.0. The predicted molar refractivity (Wildman–Crippen MR) is 98.6 cm³/mol. The van der Waals surface area contributed by atoms with Crippen molar-refractivity contribution in [1.29, 1.82) is 0 Å². The number of carbonyl (C=O) groups is 1. The van der Waals surface area contributed by atoms with E-state index in [1.807, 2.05) is 37.3 Å². The van der Waals surface area contributed by atoms with Crippen LogP contribution in [0.2, 0.25) is 5.02 Å². The Morgan fingerprint density at radius 1 is 1.26 bits per heavy atom. The molecule has 0 aliphatic heterocycles. The molecule has 0 bridgehead atoms. The van der Waals surface area contributed by atoms with Crippen molar-refractivity contribution in [1.82, 2.24) is 0 Å². The molecule has 0 aliphatic rings. The van der Waals surface area contributed by atoms with Gasteiger partial charge in [-0.1, -0.05) is 27.5 Å². The number of anilines is 2. The summed E-state index contributed by atoms with van der Waals surface area (Å²) in [6.07, 6.45) is 0.348. The Bertz CT molecular complexity index is 690. The molecule has 0 saturated heterocycles. The number of rotatable bonds is 6. The van der Waals surface area contributed by atoms with Crippen molar-refractivity contribution in [3.05, 3.63) is 51.5 Å². The Labute approximate surface area is 149 Å². The van der Waals surface area contributed by atoms with Gasteiger partial charge in [0.05, 0.1) is 12.8 Å². The molecule has 0 radical (unpaired) electrons. The molecular formula is C17H18BrClN2O2. The van der Waals surface area contributed by atoms with Gasteiger partial charge in [0, 0.05) is 34.2 Å². The van der Waals surface area contributed by atoms with Crippen LogP contribution in [0.15, 0.2) is 40.9 Å². The molecule has 0 aromatic heterocycles. The van der Waals surface area contributed by atoms with E-state index < -0.39 is 0 Å². The fraction of sp³-hybridized carbons (Fsp3) is 0.235. The second-order valence-corrected chi connectivity index (χ2v) is 6.36. The lowest BCUT2D eigenvalue weighted by molar-refractivity contribution is -0.115. The van der Waals surface area contributed by atoms with E-state index in [9.17, 15) is 4.79 Å². The van der Waals surface area contributed by atoms with Gasteiger partial charge >= 0.3 is 0 Å². The van der Waals surface area contributed by atoms with E-state index >= 15 is 0 Å². The van der Waals surface area contributed by atoms with E-state index in [0.29, 0.717) is 23.7 Å². The fourth-order valence-corrected chi connectivity index (χ4v) is 2.46. The quantitative estimate of drug-likeness (QED) is 0.732. The van der Waals surface area contributed by atoms with Crippen molar-refractivity contribution in [3.8, 4) is 5.75 Å². The van der Waals surface area contributed by atoms with Crippen molar-refractivity contribution >= 4 is 44.8 Å². The number of nitrogens with one attached hydrogen (secondary N) is 2. The Balaban J connectivity index is 1.88. The zero-order valence-electron chi connectivity index (χ0n) is 13.0. The van der Waals surface area contributed by atoms with Gasteiger partial charge in [0.25, 0.3) is 0 Å². The highest BCUT2D eigenvalue weighted by atomic mass is 79.9. The molecule has 0 spiro atoms. The van der Waals surface area contributed by atoms with Crippen molar-refractivity contribution < 1.29 is 9.53 Å². The first kappa shape index (κ1) is 17.6. The molecule has 4 nitrogen and oxygen atoms in total. The molecule has 2 rings (SSSR count). The number of aryl methyl sites for hydroxylation is 1. The lowest BCUT2D eigenvalue weighted by atomic mass is 10.2. The minimum absolute atomic E-state index is 0.0514. The molecule has 0 heterocycles. The van der Waals surface area contributed by atoms with E-state index in [-0.39, 0.29) is 5.91 Å². The molecule has 2 N–H and O–H groups in total. The molecule has 2 aromatic rings. The van der Waals surface area contributed by atoms with Crippen molar-refractivity contribution in [3.63, 3.8) is 0 Å². The predicted octanol–water partition coefficient (Wildman–Crippen LogP) is 4.86. The zero-order chi connectivity index (χ0) is 16.8. The van der Waals surface area contributed by atoms with Crippen LogP contribution in [-0.2, 0) is 4.79 Å². The van der Waals surface area contributed by atoms with Crippen LogP contribution in [0.5, 0.6) is 5.75 Å². The highest BCUT2D eigenvalue weighted by Gasteiger charge is 2.08. The number of methoxy groups -OCH3 is 1. The monoisotopic (exact) mass is 396 g/mol. The number of hydrogen-bond donors (Lipinski definition) is 2. The molecular weight excluding hydrogens is 380 g/mol. The van der Waals surface area contributed by atoms with E-state index in [4.69, 9.17) is 16.3 Å². The van der Waals surface area contributed by atoms with Crippen LogP contribution >= 0.6 is 27.5 Å². The van der Waals surface area contributed by atoms with Gasteiger partial charge < -0.3 is 15.4 Å². The summed E-state index contributed by atoms with van der Waals surface area (Å²) in [4.78, 5) is 11.9. The summed E-state index contributed by atoms with van der Waals surface area (Å²) in [7, 11) is 1.59. The number of hydrogen-bond acceptors (Lipinski definition) is 3. The molecule has 2 aromatic carbocycles. The van der Waals surface area contributed by atoms with Crippen LogP contribution in [0.3, 0.4) is 0 Å². The van der Waals surface area contributed by atoms with Crippen LogP contribution in [0.1, 0.15) is 12.0 Å². The maximum absolute atomic E-state index is 11.9. The van der Waals surface area contributed by atoms with Gasteiger partial charge in [0.15, 0.2) is 0 Å². The maximum Gasteiger partial charge on any atom is 0.226 e. The summed E-state index contributed by atoms with van der Waals surface area (Å²) in [5, 5.41) is 6.71. The van der Waals surface area contributed by atoms with E-state index in [0.717, 1.165) is 21.4 Å². The smallest absolute Gasteiger partial charge is 0.226 e. The van der Waals surface area contributed by atoms with Crippen LogP contribution < -0.4 is 15.4 Å². The largest absolute Gasteiger partial charge is 0.495 e. The van der Waals surface area contributed by atoms with E-state index in [2.05, 4.69) is 26.6 Å². The molecule has 0 fully saturated rings. The first-order valence-electron chi connectivity index (χ1n) is 7.13. The van der Waals surface area contributed by atoms with Gasteiger partial charge in [-0.25, -0.2) is 0 Å². The van der Waals surface area contributed by atoms with Crippen molar-refractivity contribution in [2.45, 2.75) is 13.3 Å². The minimum atomic E-state index is -0.0514. The number of benzene rings is 2. The van der Waals surface area contributed by atoms with E-state index in [1.54, 1.807) is 13.2 Å². The normalized spacial score (nSPS) is 10.3. The van der Waals surface area contributed by atoms with E-state index in [1.165, 1.54) is 0 Å². The molecule has 0 saturated carbocycles. The standard InChI is InChI=1S/C17H18BrClN2O2/c1-11-9-15(16(23-2)10-14(11)19)20-8-7-17(22)21-13-5-3-12(18)4-6-13/h3-6,9-10,20H,7-8H2,1-2H3,(H,21,22). The molecule has 1 amide bonds. The fourth-order valence-electron chi connectivity index (χ4n) is 2.04. The van der Waals surface area contributed by atoms with Gasteiger partial charge in [0.1, 0.15) is 5.75 Å². The van der Waals surface area contributed by atoms with Gasteiger partial charge in [-0.15, -0.1) is 0 Å². The van der Waals surface area contributed by atoms with Gasteiger partial charge in [-0.3, -0.25) is 4.79 Å². The van der Waals surface area contributed by atoms with Gasteiger partial charge in [-0.2, -0.15) is 0 Å². The summed E-state index contributed by atoms with van der Waals surface area (Å²) in [5.74, 6) is 0.610. The van der Waals surface area contributed by atoms with Crippen LogP contribution in [0.4, 0.5) is 11.4 Å². The summed E-state index contributed by atoms with van der Waals surface area (Å²) < 4.78 is 6.27. The number of carbonyl (C=O) groups excluding carboxylic acids is 1. The summed E-state index contributed by atoms with van der Waals surface area (Å²) in [5.41, 5.74) is 2.55. The number of amides is 1. The molecule has 0 aliphatic carbocycles. The average Bonchev–Trinajstić information content (AvgIpc) is 2.52. The maximum atomic E-state index is 11.9.